The average Bonchev–Trinajstić information content (AvgIpc) is 3.18. The first-order chi connectivity index (χ1) is 16.1. The molecule has 0 saturated carbocycles. The van der Waals surface area contributed by atoms with Crippen LogP contribution in [0.15, 0.2) is 71.7 Å². The first-order valence-electron chi connectivity index (χ1n) is 10.3. The van der Waals surface area contributed by atoms with Gasteiger partial charge in [0.05, 0.1) is 16.8 Å². The number of hydrogen-bond acceptors (Lipinski definition) is 5. The molecular weight excluding hydrogens is 436 g/mol. The third-order valence-corrected chi connectivity index (χ3v) is 6.26. The van der Waals surface area contributed by atoms with E-state index in [-0.39, 0.29) is 12.3 Å². The standard InChI is InChI=1S/C26H18N2O4S/c1-2-12-28-20-15-21-22(32-14-13-31-21)16-23(20)33-26(28)27-25(30)19-10-8-18(9-11-19)24(29)17-6-4-3-5-7-17/h1,3-11,15-16H,12-14H2. The number of ketones is 1. The van der Waals surface area contributed by atoms with Gasteiger partial charge in [0.2, 0.25) is 0 Å². The molecule has 7 heteroatoms. The molecule has 33 heavy (non-hydrogen) atoms. The van der Waals surface area contributed by atoms with Crippen molar-refractivity contribution in [3.63, 3.8) is 0 Å². The second-order valence-corrected chi connectivity index (χ2v) is 8.34. The normalized spacial score (nSPS) is 13.0. The minimum atomic E-state index is -0.414. The zero-order valence-corrected chi connectivity index (χ0v) is 18.3. The van der Waals surface area contributed by atoms with Crippen molar-refractivity contribution in [2.45, 2.75) is 6.54 Å². The number of terminal acetylenes is 1. The van der Waals surface area contributed by atoms with Gasteiger partial charge in [-0.2, -0.15) is 4.99 Å². The number of carbonyl (C=O) groups excluding carboxylic acids is 2. The van der Waals surface area contributed by atoms with E-state index in [1.54, 1.807) is 36.4 Å². The van der Waals surface area contributed by atoms with Crippen LogP contribution in [0.2, 0.25) is 0 Å². The van der Waals surface area contributed by atoms with E-state index in [0.29, 0.717) is 46.2 Å². The Hall–Kier alpha value is -4.15. The van der Waals surface area contributed by atoms with E-state index in [1.165, 1.54) is 11.3 Å². The number of fused-ring (bicyclic) bond motifs is 2. The van der Waals surface area contributed by atoms with Crippen LogP contribution in [0.1, 0.15) is 26.3 Å². The summed E-state index contributed by atoms with van der Waals surface area (Å²) in [7, 11) is 0. The Morgan fingerprint density at radius 1 is 0.939 bits per heavy atom. The van der Waals surface area contributed by atoms with Crippen molar-refractivity contribution >= 4 is 33.2 Å². The smallest absolute Gasteiger partial charge is 0.279 e. The molecule has 0 spiro atoms. The molecule has 162 valence electrons. The van der Waals surface area contributed by atoms with Crippen molar-refractivity contribution in [3.8, 4) is 23.8 Å². The molecule has 0 unspecified atom stereocenters. The van der Waals surface area contributed by atoms with E-state index in [1.807, 2.05) is 34.9 Å². The van der Waals surface area contributed by atoms with Crippen LogP contribution in [0.4, 0.5) is 0 Å². The van der Waals surface area contributed by atoms with E-state index in [4.69, 9.17) is 15.9 Å². The van der Waals surface area contributed by atoms with Crippen LogP contribution in [0.5, 0.6) is 11.5 Å². The maximum atomic E-state index is 12.9. The topological polar surface area (TPSA) is 69.9 Å². The first kappa shape index (κ1) is 20.7. The molecule has 0 aliphatic carbocycles. The number of amides is 1. The Balaban J connectivity index is 1.49. The fraction of sp³-hybridized carbons (Fsp3) is 0.115. The molecule has 1 amide bonds. The molecule has 1 aliphatic heterocycles. The summed E-state index contributed by atoms with van der Waals surface area (Å²) in [6.45, 7) is 1.24. The molecule has 0 saturated heterocycles. The number of thiazole rings is 1. The van der Waals surface area contributed by atoms with Crippen molar-refractivity contribution in [1.29, 1.82) is 0 Å². The van der Waals surface area contributed by atoms with E-state index < -0.39 is 5.91 Å². The van der Waals surface area contributed by atoms with Gasteiger partial charge in [-0.3, -0.25) is 9.59 Å². The second-order valence-electron chi connectivity index (χ2n) is 7.33. The number of ether oxygens (including phenoxy) is 2. The Morgan fingerprint density at radius 3 is 2.27 bits per heavy atom. The predicted octanol–water partition coefficient (Wildman–Crippen LogP) is 4.08. The molecule has 2 heterocycles. The van der Waals surface area contributed by atoms with Crippen LogP contribution in [0.3, 0.4) is 0 Å². The molecule has 0 atom stereocenters. The summed E-state index contributed by atoms with van der Waals surface area (Å²) < 4.78 is 14.0. The number of carbonyl (C=O) groups is 2. The number of nitrogens with zero attached hydrogens (tertiary/aromatic N) is 2. The van der Waals surface area contributed by atoms with Crippen molar-refractivity contribution in [1.82, 2.24) is 4.57 Å². The van der Waals surface area contributed by atoms with Crippen LogP contribution < -0.4 is 14.3 Å². The molecule has 1 aliphatic rings. The SMILES string of the molecule is C#CCn1c(=NC(=O)c2ccc(C(=O)c3ccccc3)cc2)sc2cc3c(cc21)OCCO3. The molecule has 0 radical (unpaired) electrons. The van der Waals surface area contributed by atoms with Gasteiger partial charge >= 0.3 is 0 Å². The first-order valence-corrected chi connectivity index (χ1v) is 11.1. The number of rotatable bonds is 4. The van der Waals surface area contributed by atoms with Crippen LogP contribution >= 0.6 is 11.3 Å². The van der Waals surface area contributed by atoms with E-state index in [9.17, 15) is 9.59 Å². The maximum Gasteiger partial charge on any atom is 0.279 e. The Morgan fingerprint density at radius 2 is 1.58 bits per heavy atom. The Kier molecular flexibility index (Phi) is 5.51. The molecule has 6 nitrogen and oxygen atoms in total. The second kappa shape index (κ2) is 8.77. The minimum Gasteiger partial charge on any atom is -0.486 e. The lowest BCUT2D eigenvalue weighted by Crippen LogP contribution is -2.17. The molecule has 0 fully saturated rings. The van der Waals surface area contributed by atoms with Gasteiger partial charge in [-0.1, -0.05) is 59.7 Å². The lowest BCUT2D eigenvalue weighted by atomic mass is 10.0. The molecule has 0 N–H and O–H groups in total. The molecule has 1 aromatic heterocycles. The molecule has 3 aromatic carbocycles. The van der Waals surface area contributed by atoms with E-state index >= 15 is 0 Å². The van der Waals surface area contributed by atoms with Crippen molar-refractivity contribution in [2.24, 2.45) is 4.99 Å². The van der Waals surface area contributed by atoms with Crippen molar-refractivity contribution in [2.75, 3.05) is 13.2 Å². The fourth-order valence-electron chi connectivity index (χ4n) is 3.61. The van der Waals surface area contributed by atoms with Gasteiger partial charge in [0, 0.05) is 28.8 Å². The maximum absolute atomic E-state index is 12.9. The van der Waals surface area contributed by atoms with E-state index in [0.717, 1.165) is 10.2 Å². The van der Waals surface area contributed by atoms with Gasteiger partial charge in [0.1, 0.15) is 13.2 Å². The predicted molar refractivity (Wildman–Crippen MR) is 126 cm³/mol. The van der Waals surface area contributed by atoms with Gasteiger partial charge in [0.25, 0.3) is 5.91 Å². The lowest BCUT2D eigenvalue weighted by molar-refractivity contribution is 0.0994. The van der Waals surface area contributed by atoms with E-state index in [2.05, 4.69) is 10.9 Å². The highest BCUT2D eigenvalue weighted by molar-refractivity contribution is 7.16. The monoisotopic (exact) mass is 454 g/mol. The highest BCUT2D eigenvalue weighted by atomic mass is 32.1. The Bertz CT molecular complexity index is 1480. The number of aromatic nitrogens is 1. The number of benzene rings is 3. The highest BCUT2D eigenvalue weighted by Crippen LogP contribution is 2.35. The van der Waals surface area contributed by atoms with Gasteiger partial charge in [0.15, 0.2) is 22.1 Å². The Labute approximate surface area is 193 Å². The van der Waals surface area contributed by atoms with Gasteiger partial charge in [-0.15, -0.1) is 6.42 Å². The summed E-state index contributed by atoms with van der Waals surface area (Å²) >= 11 is 1.36. The lowest BCUT2D eigenvalue weighted by Gasteiger charge is -2.18. The minimum absolute atomic E-state index is 0.101. The zero-order valence-electron chi connectivity index (χ0n) is 17.5. The summed E-state index contributed by atoms with van der Waals surface area (Å²) in [5.41, 5.74) is 2.32. The van der Waals surface area contributed by atoms with Crippen molar-refractivity contribution in [3.05, 3.63) is 88.2 Å². The van der Waals surface area contributed by atoms with Crippen molar-refractivity contribution < 1.29 is 19.1 Å². The summed E-state index contributed by atoms with van der Waals surface area (Å²) in [6.07, 6.45) is 5.57. The van der Waals surface area contributed by atoms with Crippen LogP contribution in [0.25, 0.3) is 10.2 Å². The van der Waals surface area contributed by atoms with Gasteiger partial charge < -0.3 is 14.0 Å². The summed E-state index contributed by atoms with van der Waals surface area (Å²) in [4.78, 5) is 30.3. The van der Waals surface area contributed by atoms with Crippen LogP contribution in [-0.4, -0.2) is 29.5 Å². The summed E-state index contributed by atoms with van der Waals surface area (Å²) in [6, 6.07) is 19.3. The fourth-order valence-corrected chi connectivity index (χ4v) is 4.65. The molecule has 4 aromatic rings. The summed E-state index contributed by atoms with van der Waals surface area (Å²) in [5.74, 6) is 3.42. The molecule has 0 bridgehead atoms. The molecular formula is C26H18N2O4S. The quantitative estimate of drug-likeness (QED) is 0.344. The highest BCUT2D eigenvalue weighted by Gasteiger charge is 2.17. The van der Waals surface area contributed by atoms with Crippen LogP contribution in [0, 0.1) is 12.3 Å². The van der Waals surface area contributed by atoms with Gasteiger partial charge in [-0.05, 0) is 12.1 Å². The number of hydrogen-bond donors (Lipinski definition) is 0. The largest absolute Gasteiger partial charge is 0.486 e. The van der Waals surface area contributed by atoms with Crippen LogP contribution in [-0.2, 0) is 6.54 Å². The average molecular weight is 455 g/mol. The summed E-state index contributed by atoms with van der Waals surface area (Å²) in [5, 5.41) is 0. The zero-order chi connectivity index (χ0) is 22.8. The third-order valence-electron chi connectivity index (χ3n) is 5.22. The molecule has 5 rings (SSSR count). The van der Waals surface area contributed by atoms with Gasteiger partial charge in [-0.25, -0.2) is 0 Å². The third kappa shape index (κ3) is 4.04.